The van der Waals surface area contributed by atoms with Gasteiger partial charge in [-0.2, -0.15) is 0 Å². The molecule has 0 aliphatic rings. The summed E-state index contributed by atoms with van der Waals surface area (Å²) in [5.41, 5.74) is 4.49. The molecule has 0 radical (unpaired) electrons. The monoisotopic (exact) mass is 258 g/mol. The van der Waals surface area contributed by atoms with Crippen LogP contribution in [0.15, 0.2) is 42.5 Å². The maximum Gasteiger partial charge on any atom is 0.240 e. The normalized spacial score (nSPS) is 14.0. The van der Waals surface area contributed by atoms with Crippen LogP contribution in [0.5, 0.6) is 5.75 Å². The topological polar surface area (TPSA) is 64.3 Å². The number of hydrogen-bond acceptors (Lipinski definition) is 3. The molecule has 0 spiro atoms. The van der Waals surface area contributed by atoms with Gasteiger partial charge in [-0.3, -0.25) is 4.79 Å². The number of ether oxygens (including phenoxy) is 1. The van der Waals surface area contributed by atoms with Gasteiger partial charge in [-0.05, 0) is 36.9 Å². The Balaban J connectivity index is 2.15. The predicted octanol–water partition coefficient (Wildman–Crippen LogP) is 1.68. The van der Waals surface area contributed by atoms with E-state index in [1.165, 1.54) is 0 Å². The van der Waals surface area contributed by atoms with E-state index in [0.717, 1.165) is 16.5 Å². The maximum absolute atomic E-state index is 11.4. The van der Waals surface area contributed by atoms with E-state index in [4.69, 9.17) is 10.5 Å². The largest absolute Gasteiger partial charge is 0.491 e. The van der Waals surface area contributed by atoms with Crippen molar-refractivity contribution in [2.75, 3.05) is 13.7 Å². The van der Waals surface area contributed by atoms with Crippen LogP contribution in [0.1, 0.15) is 6.92 Å². The van der Waals surface area contributed by atoms with Crippen LogP contribution in [0.3, 0.4) is 0 Å². The lowest BCUT2D eigenvalue weighted by molar-refractivity contribution is -0.124. The third-order valence-electron chi connectivity index (χ3n) is 3.34. The second kappa shape index (κ2) is 5.28. The third kappa shape index (κ3) is 2.85. The average molecular weight is 258 g/mol. The van der Waals surface area contributed by atoms with E-state index in [1.807, 2.05) is 42.5 Å². The van der Waals surface area contributed by atoms with Crippen molar-refractivity contribution in [3.05, 3.63) is 42.5 Å². The first-order chi connectivity index (χ1) is 9.05. The quantitative estimate of drug-likeness (QED) is 0.857. The van der Waals surface area contributed by atoms with E-state index < -0.39 is 11.4 Å². The Bertz CT molecular complexity index is 597. The van der Waals surface area contributed by atoms with Crippen molar-refractivity contribution < 1.29 is 9.53 Å². The number of nitrogens with one attached hydrogen (secondary N) is 1. The molecule has 1 atom stereocenters. The van der Waals surface area contributed by atoms with Crippen LogP contribution in [0.25, 0.3) is 10.8 Å². The summed E-state index contributed by atoms with van der Waals surface area (Å²) in [6, 6.07) is 13.9. The van der Waals surface area contributed by atoms with E-state index in [1.54, 1.807) is 14.0 Å². The van der Waals surface area contributed by atoms with Crippen LogP contribution in [0.2, 0.25) is 0 Å². The second-order valence-electron chi connectivity index (χ2n) is 4.74. The van der Waals surface area contributed by atoms with E-state index >= 15 is 0 Å². The predicted molar refractivity (Wildman–Crippen MR) is 76.1 cm³/mol. The number of amides is 1. The number of benzene rings is 2. The van der Waals surface area contributed by atoms with E-state index in [9.17, 15) is 4.79 Å². The standard InChI is InChI=1S/C15H18N2O2/c1-15(17-2,14(16)18)10-19-13-8-7-11-5-3-4-6-12(11)9-13/h3-9,17H,10H2,1-2H3,(H2,16,18). The molecule has 0 bridgehead atoms. The van der Waals surface area contributed by atoms with Crippen LogP contribution < -0.4 is 15.8 Å². The highest BCUT2D eigenvalue weighted by Crippen LogP contribution is 2.21. The summed E-state index contributed by atoms with van der Waals surface area (Å²) in [4.78, 5) is 11.4. The molecule has 0 fully saturated rings. The molecule has 1 unspecified atom stereocenters. The Morgan fingerprint density at radius 1 is 1.26 bits per heavy atom. The van der Waals surface area contributed by atoms with Crippen LogP contribution in [-0.4, -0.2) is 25.1 Å². The molecule has 4 nitrogen and oxygen atoms in total. The van der Waals surface area contributed by atoms with Gasteiger partial charge in [0.15, 0.2) is 0 Å². The first kappa shape index (κ1) is 13.4. The van der Waals surface area contributed by atoms with E-state index in [-0.39, 0.29) is 6.61 Å². The summed E-state index contributed by atoms with van der Waals surface area (Å²) in [7, 11) is 1.69. The molecule has 4 heteroatoms. The fourth-order valence-corrected chi connectivity index (χ4v) is 1.75. The average Bonchev–Trinajstić information content (AvgIpc) is 2.44. The first-order valence-corrected chi connectivity index (χ1v) is 6.15. The number of hydrogen-bond donors (Lipinski definition) is 2. The van der Waals surface area contributed by atoms with Crippen molar-refractivity contribution in [3.63, 3.8) is 0 Å². The zero-order chi connectivity index (χ0) is 13.9. The molecule has 0 aromatic heterocycles. The van der Waals surface area contributed by atoms with Crippen LogP contribution in [0.4, 0.5) is 0 Å². The van der Waals surface area contributed by atoms with Gasteiger partial charge in [0.05, 0.1) is 0 Å². The Hall–Kier alpha value is -2.07. The Morgan fingerprint density at radius 3 is 2.58 bits per heavy atom. The van der Waals surface area contributed by atoms with Gasteiger partial charge >= 0.3 is 0 Å². The summed E-state index contributed by atoms with van der Waals surface area (Å²) < 4.78 is 5.67. The maximum atomic E-state index is 11.4. The van der Waals surface area contributed by atoms with Crippen molar-refractivity contribution in [1.29, 1.82) is 0 Å². The molecule has 1 amide bonds. The van der Waals surface area contributed by atoms with Gasteiger partial charge in [0.1, 0.15) is 17.9 Å². The molecule has 0 aliphatic heterocycles. The molecule has 0 saturated heterocycles. The minimum atomic E-state index is -0.869. The highest BCUT2D eigenvalue weighted by atomic mass is 16.5. The second-order valence-corrected chi connectivity index (χ2v) is 4.74. The number of carbonyl (C=O) groups excluding carboxylic acids is 1. The smallest absolute Gasteiger partial charge is 0.240 e. The third-order valence-corrected chi connectivity index (χ3v) is 3.34. The number of carbonyl (C=O) groups is 1. The highest BCUT2D eigenvalue weighted by Gasteiger charge is 2.29. The lowest BCUT2D eigenvalue weighted by atomic mass is 10.0. The molecule has 0 aliphatic carbocycles. The molecular formula is C15H18N2O2. The number of likely N-dealkylation sites (N-methyl/N-ethyl adjacent to an activating group) is 1. The number of rotatable bonds is 5. The Kier molecular flexibility index (Phi) is 3.71. The van der Waals surface area contributed by atoms with Gasteiger partial charge in [-0.1, -0.05) is 30.3 Å². The SMILES string of the molecule is CNC(C)(COc1ccc2ccccc2c1)C(N)=O. The molecule has 2 aromatic carbocycles. The fraction of sp³-hybridized carbons (Fsp3) is 0.267. The van der Waals surface area contributed by atoms with Crippen LogP contribution in [-0.2, 0) is 4.79 Å². The van der Waals surface area contributed by atoms with Crippen molar-refractivity contribution in [1.82, 2.24) is 5.32 Å². The Morgan fingerprint density at radius 2 is 1.95 bits per heavy atom. The summed E-state index contributed by atoms with van der Waals surface area (Å²) >= 11 is 0. The molecule has 0 saturated carbocycles. The summed E-state index contributed by atoms with van der Waals surface area (Å²) in [5, 5.41) is 5.14. The van der Waals surface area contributed by atoms with Crippen molar-refractivity contribution in [2.45, 2.75) is 12.5 Å². The lowest BCUT2D eigenvalue weighted by Gasteiger charge is -2.25. The van der Waals surface area contributed by atoms with E-state index in [2.05, 4.69) is 5.32 Å². The number of fused-ring (bicyclic) bond motifs is 1. The van der Waals surface area contributed by atoms with Crippen molar-refractivity contribution in [3.8, 4) is 5.75 Å². The van der Waals surface area contributed by atoms with Crippen molar-refractivity contribution in [2.24, 2.45) is 5.73 Å². The Labute approximate surface area is 112 Å². The fourth-order valence-electron chi connectivity index (χ4n) is 1.75. The molecular weight excluding hydrogens is 240 g/mol. The van der Waals surface area contributed by atoms with Gasteiger partial charge in [0.2, 0.25) is 5.91 Å². The summed E-state index contributed by atoms with van der Waals surface area (Å²) in [6.45, 7) is 1.91. The molecule has 3 N–H and O–H groups in total. The minimum Gasteiger partial charge on any atom is -0.491 e. The van der Waals surface area contributed by atoms with Crippen molar-refractivity contribution >= 4 is 16.7 Å². The van der Waals surface area contributed by atoms with Gasteiger partial charge in [0, 0.05) is 0 Å². The van der Waals surface area contributed by atoms with Crippen LogP contribution in [0, 0.1) is 0 Å². The van der Waals surface area contributed by atoms with Gasteiger partial charge in [-0.25, -0.2) is 0 Å². The lowest BCUT2D eigenvalue weighted by Crippen LogP contribution is -2.55. The van der Waals surface area contributed by atoms with Gasteiger partial charge in [0.25, 0.3) is 0 Å². The molecule has 0 heterocycles. The highest BCUT2D eigenvalue weighted by molar-refractivity contribution is 5.85. The molecule has 2 rings (SSSR count). The summed E-state index contributed by atoms with van der Waals surface area (Å²) in [5.74, 6) is 0.289. The summed E-state index contributed by atoms with van der Waals surface area (Å²) in [6.07, 6.45) is 0. The van der Waals surface area contributed by atoms with Gasteiger partial charge in [-0.15, -0.1) is 0 Å². The molecule has 2 aromatic rings. The number of primary amides is 1. The first-order valence-electron chi connectivity index (χ1n) is 6.15. The minimum absolute atomic E-state index is 0.192. The van der Waals surface area contributed by atoms with Crippen LogP contribution >= 0.6 is 0 Å². The zero-order valence-corrected chi connectivity index (χ0v) is 11.1. The molecule has 19 heavy (non-hydrogen) atoms. The van der Waals surface area contributed by atoms with Gasteiger partial charge < -0.3 is 15.8 Å². The molecule has 100 valence electrons. The number of nitrogens with two attached hydrogens (primary N) is 1. The zero-order valence-electron chi connectivity index (χ0n) is 11.1. The van der Waals surface area contributed by atoms with E-state index in [0.29, 0.717) is 0 Å².